The van der Waals surface area contributed by atoms with Gasteiger partial charge in [-0.05, 0) is 36.2 Å². The van der Waals surface area contributed by atoms with Crippen molar-refractivity contribution >= 4 is 22.8 Å². The molecule has 3 rings (SSSR count). The van der Waals surface area contributed by atoms with Crippen molar-refractivity contribution in [3.05, 3.63) is 64.0 Å². The number of hydrogen-bond donors (Lipinski definition) is 1. The monoisotopic (exact) mass is 425 g/mol. The average molecular weight is 425 g/mol. The predicted octanol–water partition coefficient (Wildman–Crippen LogP) is 3.42. The maximum Gasteiger partial charge on any atom is 0.349 e. The topological polar surface area (TPSA) is 104 Å². The Labute approximate surface area is 178 Å². The summed E-state index contributed by atoms with van der Waals surface area (Å²) in [6.45, 7) is 4.35. The first-order chi connectivity index (χ1) is 14.8. The number of carbonyl (C=O) groups excluding carboxylic acids is 2. The van der Waals surface area contributed by atoms with Gasteiger partial charge in [-0.2, -0.15) is 0 Å². The molecule has 1 N–H and O–H groups in total. The fourth-order valence-electron chi connectivity index (χ4n) is 2.80. The first kappa shape index (κ1) is 21.9. The van der Waals surface area contributed by atoms with Gasteiger partial charge in [0, 0.05) is 24.1 Å². The Morgan fingerprint density at radius 2 is 1.65 bits per heavy atom. The molecule has 2 aromatic carbocycles. The lowest BCUT2D eigenvalue weighted by molar-refractivity contribution is 0.0734. The van der Waals surface area contributed by atoms with E-state index in [-0.39, 0.29) is 28.4 Å². The second-order valence-corrected chi connectivity index (χ2v) is 7.24. The molecule has 3 aromatic rings. The highest BCUT2D eigenvalue weighted by Crippen LogP contribution is 2.25. The fraction of sp³-hybridized carbons (Fsp3) is 0.261. The highest BCUT2D eigenvalue weighted by Gasteiger charge is 2.16. The molecule has 0 unspecified atom stereocenters. The third kappa shape index (κ3) is 5.22. The molecule has 0 bridgehead atoms. The van der Waals surface area contributed by atoms with Crippen LogP contribution in [0.2, 0.25) is 0 Å². The first-order valence-corrected chi connectivity index (χ1v) is 9.62. The summed E-state index contributed by atoms with van der Waals surface area (Å²) in [7, 11) is 2.96. The number of esters is 1. The van der Waals surface area contributed by atoms with Crippen molar-refractivity contribution in [1.29, 1.82) is 0 Å². The van der Waals surface area contributed by atoms with E-state index in [0.717, 1.165) is 0 Å². The minimum absolute atomic E-state index is 0.0821. The van der Waals surface area contributed by atoms with Crippen molar-refractivity contribution in [2.45, 2.75) is 13.8 Å². The summed E-state index contributed by atoms with van der Waals surface area (Å²) in [5.74, 6) is 0.186. The van der Waals surface area contributed by atoms with Gasteiger partial charge in [-0.3, -0.25) is 4.79 Å². The van der Waals surface area contributed by atoms with Gasteiger partial charge in [0.05, 0.1) is 19.8 Å². The van der Waals surface area contributed by atoms with Crippen molar-refractivity contribution in [3.63, 3.8) is 0 Å². The molecule has 0 atom stereocenters. The molecule has 0 saturated carbocycles. The van der Waals surface area contributed by atoms with Crippen LogP contribution in [-0.2, 0) is 0 Å². The van der Waals surface area contributed by atoms with Gasteiger partial charge in [-0.1, -0.05) is 13.8 Å². The first-order valence-electron chi connectivity index (χ1n) is 9.62. The zero-order chi connectivity index (χ0) is 22.5. The van der Waals surface area contributed by atoms with Crippen molar-refractivity contribution in [3.8, 4) is 17.2 Å². The molecular formula is C23H23NO7. The lowest BCUT2D eigenvalue weighted by Gasteiger charge is -2.09. The Morgan fingerprint density at radius 3 is 2.26 bits per heavy atom. The van der Waals surface area contributed by atoms with Gasteiger partial charge < -0.3 is 23.9 Å². The number of ether oxygens (including phenoxy) is 3. The van der Waals surface area contributed by atoms with Crippen LogP contribution in [0.1, 0.15) is 34.6 Å². The number of amides is 1. The smallest absolute Gasteiger partial charge is 0.349 e. The van der Waals surface area contributed by atoms with Crippen LogP contribution in [0.5, 0.6) is 17.2 Å². The van der Waals surface area contributed by atoms with E-state index in [1.807, 2.05) is 13.8 Å². The number of nitrogens with one attached hydrogen (secondary N) is 1. The highest BCUT2D eigenvalue weighted by atomic mass is 16.5. The number of fused-ring (bicyclic) bond motifs is 1. The van der Waals surface area contributed by atoms with Crippen LogP contribution in [0.4, 0.5) is 0 Å². The van der Waals surface area contributed by atoms with Crippen LogP contribution in [0.25, 0.3) is 11.0 Å². The Hall–Kier alpha value is -3.81. The summed E-state index contributed by atoms with van der Waals surface area (Å²) in [5.41, 5.74) is -0.426. The molecule has 1 aromatic heterocycles. The lowest BCUT2D eigenvalue weighted by atomic mass is 10.1. The number of benzene rings is 2. The lowest BCUT2D eigenvalue weighted by Crippen LogP contribution is -2.31. The van der Waals surface area contributed by atoms with Crippen molar-refractivity contribution in [1.82, 2.24) is 5.32 Å². The summed E-state index contributed by atoms with van der Waals surface area (Å²) in [6, 6.07) is 10.7. The zero-order valence-corrected chi connectivity index (χ0v) is 17.7. The van der Waals surface area contributed by atoms with Gasteiger partial charge in [0.1, 0.15) is 28.4 Å². The third-order valence-corrected chi connectivity index (χ3v) is 4.42. The van der Waals surface area contributed by atoms with Gasteiger partial charge in [0.25, 0.3) is 5.91 Å². The van der Waals surface area contributed by atoms with E-state index < -0.39 is 17.5 Å². The molecular weight excluding hydrogens is 402 g/mol. The van der Waals surface area contributed by atoms with Gasteiger partial charge >= 0.3 is 11.6 Å². The second-order valence-electron chi connectivity index (χ2n) is 7.24. The minimum atomic E-state index is -0.769. The number of hydrogen-bond acceptors (Lipinski definition) is 7. The Kier molecular flexibility index (Phi) is 6.59. The average Bonchev–Trinajstić information content (AvgIpc) is 2.76. The zero-order valence-electron chi connectivity index (χ0n) is 17.7. The van der Waals surface area contributed by atoms with E-state index in [4.69, 9.17) is 18.6 Å². The van der Waals surface area contributed by atoms with E-state index in [1.54, 1.807) is 18.2 Å². The Morgan fingerprint density at radius 1 is 0.968 bits per heavy atom. The Bertz CT molecular complexity index is 1160. The van der Waals surface area contributed by atoms with Gasteiger partial charge in [0.15, 0.2) is 0 Å². The number of rotatable bonds is 7. The van der Waals surface area contributed by atoms with Crippen LogP contribution in [0.3, 0.4) is 0 Å². The minimum Gasteiger partial charge on any atom is -0.497 e. The van der Waals surface area contributed by atoms with Crippen molar-refractivity contribution in [2.24, 2.45) is 5.92 Å². The summed E-state index contributed by atoms with van der Waals surface area (Å²) < 4.78 is 21.0. The van der Waals surface area contributed by atoms with Gasteiger partial charge in [-0.25, -0.2) is 9.59 Å². The molecule has 0 fully saturated rings. The van der Waals surface area contributed by atoms with Crippen LogP contribution < -0.4 is 25.2 Å². The summed E-state index contributed by atoms with van der Waals surface area (Å²) >= 11 is 0. The highest BCUT2D eigenvalue weighted by molar-refractivity contribution is 5.97. The standard InChI is InChI=1S/C23H23NO7/c1-13(2)12-24-21(25)19-9-14-5-6-16(11-20(14)31-23(19)27)30-22(26)15-7-17(28-3)10-18(8-15)29-4/h5-11,13H,12H2,1-4H3,(H,24,25). The van der Waals surface area contributed by atoms with Gasteiger partial charge in [-0.15, -0.1) is 0 Å². The Balaban J connectivity index is 1.85. The third-order valence-electron chi connectivity index (χ3n) is 4.42. The molecule has 0 spiro atoms. The molecule has 1 heterocycles. The van der Waals surface area contributed by atoms with E-state index in [9.17, 15) is 14.4 Å². The molecule has 0 radical (unpaired) electrons. The predicted molar refractivity (Wildman–Crippen MR) is 114 cm³/mol. The molecule has 0 aliphatic heterocycles. The maximum atomic E-state index is 12.5. The molecule has 162 valence electrons. The molecule has 31 heavy (non-hydrogen) atoms. The van der Waals surface area contributed by atoms with Crippen molar-refractivity contribution < 1.29 is 28.2 Å². The van der Waals surface area contributed by atoms with Crippen LogP contribution >= 0.6 is 0 Å². The SMILES string of the molecule is COc1cc(OC)cc(C(=O)Oc2ccc3cc(C(=O)NCC(C)C)c(=O)oc3c2)c1. The molecule has 1 amide bonds. The summed E-state index contributed by atoms with van der Waals surface area (Å²) in [6.07, 6.45) is 0. The summed E-state index contributed by atoms with van der Waals surface area (Å²) in [5, 5.41) is 3.21. The van der Waals surface area contributed by atoms with Crippen LogP contribution in [-0.4, -0.2) is 32.6 Å². The number of methoxy groups -OCH3 is 2. The van der Waals surface area contributed by atoms with E-state index in [0.29, 0.717) is 23.4 Å². The van der Waals surface area contributed by atoms with Crippen LogP contribution in [0.15, 0.2) is 51.7 Å². The van der Waals surface area contributed by atoms with E-state index in [2.05, 4.69) is 5.32 Å². The molecule has 0 aliphatic rings. The molecule has 8 heteroatoms. The van der Waals surface area contributed by atoms with Gasteiger partial charge in [0.2, 0.25) is 0 Å². The van der Waals surface area contributed by atoms with E-state index >= 15 is 0 Å². The second kappa shape index (κ2) is 9.34. The fourth-order valence-corrected chi connectivity index (χ4v) is 2.80. The normalized spacial score (nSPS) is 10.7. The summed E-state index contributed by atoms with van der Waals surface area (Å²) in [4.78, 5) is 37.0. The molecule has 0 saturated heterocycles. The van der Waals surface area contributed by atoms with E-state index in [1.165, 1.54) is 38.5 Å². The quantitative estimate of drug-likeness (QED) is 0.351. The van der Waals surface area contributed by atoms with Crippen molar-refractivity contribution in [2.75, 3.05) is 20.8 Å². The molecule has 8 nitrogen and oxygen atoms in total. The largest absolute Gasteiger partial charge is 0.497 e. The molecule has 0 aliphatic carbocycles. The van der Waals surface area contributed by atoms with Crippen LogP contribution in [0, 0.1) is 5.92 Å². The number of carbonyl (C=O) groups is 2. The maximum absolute atomic E-state index is 12.5.